The standard InChI is InChI=1S/C22H25N5O4/c1-13-19(21(28)26-16-7-5-6-8-17(16)30-3)20(27-22(25-13)23-12-24-27)15-10-9-14(29-2)11-18(15)31-4/h5-13,19-20H,1-4H3,(H,26,28)(H,23,24,25)/t13-,19-,20+/m1/s1. The maximum absolute atomic E-state index is 13.6. The zero-order valence-corrected chi connectivity index (χ0v) is 17.8. The van der Waals surface area contributed by atoms with Gasteiger partial charge in [-0.3, -0.25) is 4.79 Å². The lowest BCUT2D eigenvalue weighted by Gasteiger charge is -2.37. The molecule has 9 nitrogen and oxygen atoms in total. The lowest BCUT2D eigenvalue weighted by molar-refractivity contribution is -0.121. The molecule has 1 aliphatic heterocycles. The van der Waals surface area contributed by atoms with E-state index in [1.807, 2.05) is 37.3 Å². The van der Waals surface area contributed by atoms with Crippen LogP contribution in [0.1, 0.15) is 18.5 Å². The number of benzene rings is 2. The third-order valence-electron chi connectivity index (χ3n) is 5.50. The van der Waals surface area contributed by atoms with Crippen molar-refractivity contribution in [1.29, 1.82) is 0 Å². The molecule has 2 heterocycles. The molecule has 2 aromatic carbocycles. The molecule has 3 atom stereocenters. The molecular weight excluding hydrogens is 398 g/mol. The van der Waals surface area contributed by atoms with Gasteiger partial charge in [0, 0.05) is 17.7 Å². The van der Waals surface area contributed by atoms with E-state index in [0.717, 1.165) is 5.56 Å². The Morgan fingerprint density at radius 3 is 2.58 bits per heavy atom. The number of para-hydroxylation sites is 2. The molecule has 0 saturated heterocycles. The molecule has 1 aliphatic rings. The summed E-state index contributed by atoms with van der Waals surface area (Å²) in [6.07, 6.45) is 1.47. The number of ether oxygens (including phenoxy) is 3. The summed E-state index contributed by atoms with van der Waals surface area (Å²) >= 11 is 0. The van der Waals surface area contributed by atoms with E-state index >= 15 is 0 Å². The molecule has 0 bridgehead atoms. The molecule has 3 aromatic rings. The summed E-state index contributed by atoms with van der Waals surface area (Å²) in [5.41, 5.74) is 1.41. The van der Waals surface area contributed by atoms with Crippen LogP contribution in [0, 0.1) is 5.92 Å². The Kier molecular flexibility index (Phi) is 5.66. The fourth-order valence-electron chi connectivity index (χ4n) is 4.00. The summed E-state index contributed by atoms with van der Waals surface area (Å²) in [7, 11) is 4.76. The number of aromatic nitrogens is 3. The molecule has 4 rings (SSSR count). The number of methoxy groups -OCH3 is 3. The average molecular weight is 423 g/mol. The topological polar surface area (TPSA) is 99.5 Å². The number of anilines is 2. The summed E-state index contributed by atoms with van der Waals surface area (Å²) in [4.78, 5) is 17.9. The van der Waals surface area contributed by atoms with Crippen molar-refractivity contribution in [2.24, 2.45) is 5.92 Å². The number of rotatable bonds is 6. The van der Waals surface area contributed by atoms with Crippen LogP contribution in [-0.2, 0) is 4.79 Å². The fraction of sp³-hybridized carbons (Fsp3) is 0.318. The van der Waals surface area contributed by atoms with Crippen LogP contribution >= 0.6 is 0 Å². The van der Waals surface area contributed by atoms with Crippen LogP contribution in [0.4, 0.5) is 11.6 Å². The Balaban J connectivity index is 1.78. The predicted octanol–water partition coefficient (Wildman–Crippen LogP) is 2.96. The van der Waals surface area contributed by atoms with Crippen LogP contribution in [-0.4, -0.2) is 48.0 Å². The SMILES string of the molecule is COc1ccc([C@H]2[C@H](C(=O)Nc3ccccc3OC)[C@@H](C)Nc3ncnn32)c(OC)c1. The van der Waals surface area contributed by atoms with Crippen LogP contribution in [0.3, 0.4) is 0 Å². The third kappa shape index (κ3) is 3.74. The first-order valence-electron chi connectivity index (χ1n) is 9.89. The first-order chi connectivity index (χ1) is 15.1. The van der Waals surface area contributed by atoms with Crippen molar-refractivity contribution < 1.29 is 19.0 Å². The van der Waals surface area contributed by atoms with Gasteiger partial charge in [-0.25, -0.2) is 4.68 Å². The molecule has 0 fully saturated rings. The summed E-state index contributed by atoms with van der Waals surface area (Å²) < 4.78 is 18.1. The Morgan fingerprint density at radius 1 is 1.06 bits per heavy atom. The molecule has 0 radical (unpaired) electrons. The van der Waals surface area contributed by atoms with Gasteiger partial charge in [0.25, 0.3) is 0 Å². The highest BCUT2D eigenvalue weighted by molar-refractivity contribution is 5.95. The van der Waals surface area contributed by atoms with Gasteiger partial charge in [0.15, 0.2) is 0 Å². The number of hydrogen-bond acceptors (Lipinski definition) is 7. The maximum Gasteiger partial charge on any atom is 0.232 e. The lowest BCUT2D eigenvalue weighted by Crippen LogP contribution is -2.46. The van der Waals surface area contributed by atoms with Crippen molar-refractivity contribution in [2.45, 2.75) is 19.0 Å². The zero-order valence-electron chi connectivity index (χ0n) is 17.8. The summed E-state index contributed by atoms with van der Waals surface area (Å²) in [6, 6.07) is 12.2. The Hall–Kier alpha value is -3.75. The summed E-state index contributed by atoms with van der Waals surface area (Å²) in [5.74, 6) is 1.77. The van der Waals surface area contributed by atoms with Gasteiger partial charge in [-0.2, -0.15) is 10.1 Å². The number of carbonyl (C=O) groups is 1. The van der Waals surface area contributed by atoms with Crippen molar-refractivity contribution in [2.75, 3.05) is 32.0 Å². The molecular formula is C22H25N5O4. The second kappa shape index (κ2) is 8.55. The van der Waals surface area contributed by atoms with E-state index in [-0.39, 0.29) is 11.9 Å². The van der Waals surface area contributed by atoms with Gasteiger partial charge in [-0.15, -0.1) is 0 Å². The predicted molar refractivity (Wildman–Crippen MR) is 116 cm³/mol. The number of amides is 1. The lowest BCUT2D eigenvalue weighted by atomic mass is 9.85. The molecule has 2 N–H and O–H groups in total. The first kappa shape index (κ1) is 20.5. The largest absolute Gasteiger partial charge is 0.497 e. The molecule has 0 aliphatic carbocycles. The Bertz CT molecular complexity index is 1080. The third-order valence-corrected chi connectivity index (χ3v) is 5.50. The van der Waals surface area contributed by atoms with Gasteiger partial charge in [-0.1, -0.05) is 12.1 Å². The van der Waals surface area contributed by atoms with Crippen molar-refractivity contribution >= 4 is 17.5 Å². The quantitative estimate of drug-likeness (QED) is 0.629. The van der Waals surface area contributed by atoms with E-state index in [0.29, 0.717) is 28.9 Å². The number of nitrogens with one attached hydrogen (secondary N) is 2. The molecule has 0 unspecified atom stereocenters. The first-order valence-corrected chi connectivity index (χ1v) is 9.89. The average Bonchev–Trinajstić information content (AvgIpc) is 3.26. The van der Waals surface area contributed by atoms with Crippen molar-refractivity contribution in [1.82, 2.24) is 14.8 Å². The molecule has 31 heavy (non-hydrogen) atoms. The minimum absolute atomic E-state index is 0.173. The van der Waals surface area contributed by atoms with Gasteiger partial charge >= 0.3 is 0 Å². The number of carbonyl (C=O) groups excluding carboxylic acids is 1. The Labute approximate surface area is 180 Å². The smallest absolute Gasteiger partial charge is 0.232 e. The highest BCUT2D eigenvalue weighted by atomic mass is 16.5. The van der Waals surface area contributed by atoms with Crippen LogP contribution in [0.2, 0.25) is 0 Å². The molecule has 9 heteroatoms. The number of hydrogen-bond donors (Lipinski definition) is 2. The van der Waals surface area contributed by atoms with Crippen molar-refractivity contribution in [3.8, 4) is 17.2 Å². The van der Waals surface area contributed by atoms with E-state index in [4.69, 9.17) is 14.2 Å². The zero-order chi connectivity index (χ0) is 22.0. The van der Waals surface area contributed by atoms with Gasteiger partial charge < -0.3 is 24.8 Å². The van der Waals surface area contributed by atoms with Gasteiger partial charge in [0.05, 0.1) is 39.0 Å². The summed E-state index contributed by atoms with van der Waals surface area (Å²) in [6.45, 7) is 1.95. The molecule has 1 aromatic heterocycles. The van der Waals surface area contributed by atoms with Crippen molar-refractivity contribution in [3.05, 3.63) is 54.4 Å². The highest BCUT2D eigenvalue weighted by Gasteiger charge is 2.42. The normalized spacial score (nSPS) is 19.7. The van der Waals surface area contributed by atoms with Crippen LogP contribution < -0.4 is 24.8 Å². The minimum Gasteiger partial charge on any atom is -0.497 e. The summed E-state index contributed by atoms with van der Waals surface area (Å²) in [5, 5.41) is 10.7. The van der Waals surface area contributed by atoms with Crippen LogP contribution in [0.5, 0.6) is 17.2 Å². The van der Waals surface area contributed by atoms with E-state index in [2.05, 4.69) is 20.7 Å². The van der Waals surface area contributed by atoms with Gasteiger partial charge in [-0.05, 0) is 31.2 Å². The monoisotopic (exact) mass is 423 g/mol. The Morgan fingerprint density at radius 2 is 1.84 bits per heavy atom. The van der Waals surface area contributed by atoms with Gasteiger partial charge in [0.1, 0.15) is 23.6 Å². The van der Waals surface area contributed by atoms with E-state index in [1.165, 1.54) is 6.33 Å². The van der Waals surface area contributed by atoms with Crippen LogP contribution in [0.15, 0.2) is 48.8 Å². The van der Waals surface area contributed by atoms with Crippen LogP contribution in [0.25, 0.3) is 0 Å². The van der Waals surface area contributed by atoms with E-state index in [9.17, 15) is 4.79 Å². The number of nitrogens with zero attached hydrogens (tertiary/aromatic N) is 3. The fourth-order valence-corrected chi connectivity index (χ4v) is 4.00. The highest BCUT2D eigenvalue weighted by Crippen LogP contribution is 2.41. The van der Waals surface area contributed by atoms with Crippen molar-refractivity contribution in [3.63, 3.8) is 0 Å². The molecule has 1 amide bonds. The molecule has 0 spiro atoms. The maximum atomic E-state index is 13.6. The minimum atomic E-state index is -0.513. The van der Waals surface area contributed by atoms with E-state index in [1.54, 1.807) is 38.1 Å². The second-order valence-electron chi connectivity index (χ2n) is 7.23. The second-order valence-corrected chi connectivity index (χ2v) is 7.23. The number of fused-ring (bicyclic) bond motifs is 1. The molecule has 0 saturated carbocycles. The van der Waals surface area contributed by atoms with Gasteiger partial charge in [0.2, 0.25) is 11.9 Å². The van der Waals surface area contributed by atoms with E-state index < -0.39 is 12.0 Å². The molecule has 162 valence electrons.